The molecule has 2 N–H and O–H groups in total. The molecule has 1 heterocycles. The molecular weight excluding hydrogens is 284 g/mol. The zero-order valence-electron chi connectivity index (χ0n) is 12.4. The molecule has 116 valence electrons. The molecule has 5 heteroatoms. The average Bonchev–Trinajstić information content (AvgIpc) is 3.23. The molecule has 0 bridgehead atoms. The summed E-state index contributed by atoms with van der Waals surface area (Å²) in [6.45, 7) is 0.901. The van der Waals surface area contributed by atoms with E-state index in [9.17, 15) is 9.90 Å². The lowest BCUT2D eigenvalue weighted by Gasteiger charge is -2.37. The van der Waals surface area contributed by atoms with E-state index in [4.69, 9.17) is 0 Å². The van der Waals surface area contributed by atoms with Gasteiger partial charge in [0, 0.05) is 19.1 Å². The summed E-state index contributed by atoms with van der Waals surface area (Å²) in [4.78, 5) is 17.6. The zero-order chi connectivity index (χ0) is 14.7. The molecule has 0 aromatic carbocycles. The number of carbonyl (C=O) groups excluding carboxylic acids is 1. The van der Waals surface area contributed by atoms with E-state index in [1.165, 1.54) is 43.4 Å². The second-order valence-electron chi connectivity index (χ2n) is 6.56. The third-order valence-electron chi connectivity index (χ3n) is 4.95. The Kier molecular flexibility index (Phi) is 4.60. The lowest BCUT2D eigenvalue weighted by molar-refractivity contribution is 0.0871. The van der Waals surface area contributed by atoms with Crippen molar-refractivity contribution in [2.75, 3.05) is 13.2 Å². The van der Waals surface area contributed by atoms with Crippen LogP contribution in [-0.4, -0.2) is 29.1 Å². The molecule has 4 nitrogen and oxygen atoms in total. The summed E-state index contributed by atoms with van der Waals surface area (Å²) in [6.07, 6.45) is 9.07. The van der Waals surface area contributed by atoms with E-state index in [-0.39, 0.29) is 17.9 Å². The number of hydrogen-bond donors (Lipinski definition) is 2. The van der Waals surface area contributed by atoms with E-state index >= 15 is 0 Å². The van der Waals surface area contributed by atoms with Crippen LogP contribution < -0.4 is 5.32 Å². The van der Waals surface area contributed by atoms with Gasteiger partial charge < -0.3 is 10.4 Å². The molecule has 0 aliphatic heterocycles. The fraction of sp³-hybridized carbons (Fsp3) is 0.750. The Morgan fingerprint density at radius 2 is 2.14 bits per heavy atom. The number of nitrogens with zero attached hydrogens (tertiary/aromatic N) is 1. The van der Waals surface area contributed by atoms with Gasteiger partial charge in [0.25, 0.3) is 5.91 Å². The van der Waals surface area contributed by atoms with E-state index in [0.717, 1.165) is 29.8 Å². The van der Waals surface area contributed by atoms with Crippen LogP contribution in [0.4, 0.5) is 0 Å². The van der Waals surface area contributed by atoms with E-state index in [0.29, 0.717) is 12.5 Å². The van der Waals surface area contributed by atoms with E-state index in [2.05, 4.69) is 10.3 Å². The summed E-state index contributed by atoms with van der Waals surface area (Å²) in [5, 5.41) is 12.5. The van der Waals surface area contributed by atoms with Crippen molar-refractivity contribution in [3.05, 3.63) is 16.1 Å². The molecule has 2 saturated carbocycles. The molecule has 0 saturated heterocycles. The van der Waals surface area contributed by atoms with Crippen LogP contribution >= 0.6 is 11.3 Å². The zero-order valence-corrected chi connectivity index (χ0v) is 13.3. The van der Waals surface area contributed by atoms with Crippen LogP contribution in [0.15, 0.2) is 5.51 Å². The van der Waals surface area contributed by atoms with Gasteiger partial charge in [0.05, 0.1) is 11.2 Å². The van der Waals surface area contributed by atoms with Crippen LogP contribution in [0.2, 0.25) is 0 Å². The number of aromatic nitrogens is 1. The minimum atomic E-state index is 0.0299. The summed E-state index contributed by atoms with van der Waals surface area (Å²) in [6, 6.07) is 0. The second kappa shape index (κ2) is 6.44. The molecule has 0 atom stereocenters. The van der Waals surface area contributed by atoms with Gasteiger partial charge in [-0.05, 0) is 37.5 Å². The highest BCUT2D eigenvalue weighted by atomic mass is 32.1. The third-order valence-corrected chi connectivity index (χ3v) is 5.79. The molecule has 21 heavy (non-hydrogen) atoms. The summed E-state index contributed by atoms with van der Waals surface area (Å²) in [7, 11) is 0. The van der Waals surface area contributed by atoms with Crippen molar-refractivity contribution < 1.29 is 9.90 Å². The quantitative estimate of drug-likeness (QED) is 0.849. The van der Waals surface area contributed by atoms with Crippen LogP contribution in [0.25, 0.3) is 0 Å². The van der Waals surface area contributed by atoms with E-state index in [1.807, 2.05) is 0 Å². The smallest absolute Gasteiger partial charge is 0.263 e. The molecule has 0 unspecified atom stereocenters. The number of nitrogens with one attached hydrogen (secondary N) is 1. The topological polar surface area (TPSA) is 62.2 Å². The van der Waals surface area contributed by atoms with Gasteiger partial charge >= 0.3 is 0 Å². The number of thiazole rings is 1. The Balaban J connectivity index is 1.62. The number of carbonyl (C=O) groups is 1. The first-order valence-corrected chi connectivity index (χ1v) is 8.94. The maximum atomic E-state index is 12.4. The maximum absolute atomic E-state index is 12.4. The van der Waals surface area contributed by atoms with Gasteiger partial charge in [-0.2, -0.15) is 0 Å². The number of amides is 1. The predicted octanol–water partition coefficient (Wildman–Crippen LogP) is 3.08. The lowest BCUT2D eigenvalue weighted by atomic mass is 9.72. The SMILES string of the molecule is O=C(NCC1(CCO)CCCCC1)c1scnc1C1CC1. The first-order chi connectivity index (χ1) is 10.2. The third kappa shape index (κ3) is 3.46. The van der Waals surface area contributed by atoms with Gasteiger partial charge in [-0.1, -0.05) is 19.3 Å². The van der Waals surface area contributed by atoms with Crippen LogP contribution in [0.1, 0.15) is 72.7 Å². The summed E-state index contributed by atoms with van der Waals surface area (Å²) >= 11 is 1.45. The largest absolute Gasteiger partial charge is 0.396 e. The van der Waals surface area contributed by atoms with Crippen LogP contribution in [0, 0.1) is 5.41 Å². The first kappa shape index (κ1) is 15.0. The van der Waals surface area contributed by atoms with Gasteiger partial charge in [-0.3, -0.25) is 4.79 Å². The number of hydrogen-bond acceptors (Lipinski definition) is 4. The van der Waals surface area contributed by atoms with E-state index in [1.54, 1.807) is 5.51 Å². The maximum Gasteiger partial charge on any atom is 0.263 e. The summed E-state index contributed by atoms with van der Waals surface area (Å²) < 4.78 is 0. The Hall–Kier alpha value is -0.940. The van der Waals surface area contributed by atoms with E-state index < -0.39 is 0 Å². The first-order valence-electron chi connectivity index (χ1n) is 8.06. The molecular formula is C16H24N2O2S. The van der Waals surface area contributed by atoms with Crippen LogP contribution in [0.5, 0.6) is 0 Å². The predicted molar refractivity (Wildman–Crippen MR) is 83.6 cm³/mol. The molecule has 2 aliphatic rings. The lowest BCUT2D eigenvalue weighted by Crippen LogP contribution is -2.39. The van der Waals surface area contributed by atoms with Gasteiger partial charge in [0.1, 0.15) is 4.88 Å². The fourth-order valence-electron chi connectivity index (χ4n) is 3.47. The normalized spacial score (nSPS) is 21.2. The monoisotopic (exact) mass is 308 g/mol. The van der Waals surface area contributed by atoms with Crippen molar-refractivity contribution in [1.82, 2.24) is 10.3 Å². The highest BCUT2D eigenvalue weighted by molar-refractivity contribution is 7.11. The van der Waals surface area contributed by atoms with Crippen molar-refractivity contribution in [3.8, 4) is 0 Å². The van der Waals surface area contributed by atoms with Crippen LogP contribution in [-0.2, 0) is 0 Å². The minimum absolute atomic E-state index is 0.0299. The number of aliphatic hydroxyl groups is 1. The van der Waals surface area contributed by atoms with Crippen molar-refractivity contribution in [2.24, 2.45) is 5.41 Å². The minimum Gasteiger partial charge on any atom is -0.396 e. The molecule has 2 fully saturated rings. The molecule has 0 radical (unpaired) electrons. The highest BCUT2D eigenvalue weighted by Gasteiger charge is 2.34. The second-order valence-corrected chi connectivity index (χ2v) is 7.41. The Labute approximate surface area is 130 Å². The molecule has 1 aromatic heterocycles. The summed E-state index contributed by atoms with van der Waals surface area (Å²) in [5.74, 6) is 0.542. The highest BCUT2D eigenvalue weighted by Crippen LogP contribution is 2.42. The van der Waals surface area contributed by atoms with Gasteiger partial charge in [0.15, 0.2) is 0 Å². The van der Waals surface area contributed by atoms with Crippen molar-refractivity contribution in [3.63, 3.8) is 0 Å². The molecule has 0 spiro atoms. The Bertz CT molecular complexity index is 485. The molecule has 3 rings (SSSR count). The van der Waals surface area contributed by atoms with Crippen molar-refractivity contribution >= 4 is 17.2 Å². The molecule has 1 amide bonds. The average molecular weight is 308 g/mol. The van der Waals surface area contributed by atoms with Crippen LogP contribution in [0.3, 0.4) is 0 Å². The van der Waals surface area contributed by atoms with Crippen molar-refractivity contribution in [2.45, 2.75) is 57.3 Å². The number of aliphatic hydroxyl groups excluding tert-OH is 1. The standard InChI is InChI=1S/C16H24N2O2S/c19-9-8-16(6-2-1-3-7-16)10-17-15(20)14-13(12-4-5-12)18-11-21-14/h11-12,19H,1-10H2,(H,17,20). The number of rotatable bonds is 6. The molecule has 1 aromatic rings. The van der Waals surface area contributed by atoms with Gasteiger partial charge in [-0.25, -0.2) is 4.98 Å². The Morgan fingerprint density at radius 3 is 2.81 bits per heavy atom. The molecule has 2 aliphatic carbocycles. The van der Waals surface area contributed by atoms with Gasteiger partial charge in [-0.15, -0.1) is 11.3 Å². The Morgan fingerprint density at radius 1 is 1.38 bits per heavy atom. The van der Waals surface area contributed by atoms with Crippen molar-refractivity contribution in [1.29, 1.82) is 0 Å². The fourth-order valence-corrected chi connectivity index (χ4v) is 4.27. The van der Waals surface area contributed by atoms with Gasteiger partial charge in [0.2, 0.25) is 0 Å². The summed E-state index contributed by atoms with van der Waals surface area (Å²) in [5.41, 5.74) is 2.89.